The highest BCUT2D eigenvalue weighted by Gasteiger charge is 2.16. The third-order valence-electron chi connectivity index (χ3n) is 4.31. The van der Waals surface area contributed by atoms with Crippen LogP contribution in [0.3, 0.4) is 0 Å². The molecule has 1 aromatic carbocycles. The number of benzene rings is 1. The molecule has 0 atom stereocenters. The fourth-order valence-corrected chi connectivity index (χ4v) is 3.01. The van der Waals surface area contributed by atoms with Gasteiger partial charge in [-0.1, -0.05) is 45.2 Å². The van der Waals surface area contributed by atoms with Gasteiger partial charge in [-0.15, -0.1) is 0 Å². The molecule has 0 radical (unpaired) electrons. The van der Waals surface area contributed by atoms with Crippen LogP contribution >= 0.6 is 0 Å². The Labute approximate surface area is 151 Å². The second-order valence-corrected chi connectivity index (χ2v) is 6.33. The van der Waals surface area contributed by atoms with E-state index in [2.05, 4.69) is 10.6 Å². The normalized spacial score (nSPS) is 14.2. The molecule has 1 aliphatic rings. The van der Waals surface area contributed by atoms with Crippen LogP contribution in [0.25, 0.3) is 0 Å². The van der Waals surface area contributed by atoms with Crippen molar-refractivity contribution in [2.75, 3.05) is 18.8 Å². The lowest BCUT2D eigenvalue weighted by Crippen LogP contribution is -2.36. The zero-order chi connectivity index (χ0) is 18.5. The van der Waals surface area contributed by atoms with Crippen molar-refractivity contribution in [1.82, 2.24) is 10.6 Å². The Bertz CT molecular complexity index is 508. The van der Waals surface area contributed by atoms with E-state index in [9.17, 15) is 9.59 Å². The number of nitrogen functional groups attached to an aromatic ring is 1. The van der Waals surface area contributed by atoms with Gasteiger partial charge in [0.15, 0.2) is 0 Å². The Morgan fingerprint density at radius 3 is 2.12 bits per heavy atom. The molecular formula is C20H33N3O2. The molecule has 0 bridgehead atoms. The first-order valence-corrected chi connectivity index (χ1v) is 9.51. The molecule has 0 saturated heterocycles. The van der Waals surface area contributed by atoms with Gasteiger partial charge in [-0.2, -0.15) is 0 Å². The van der Waals surface area contributed by atoms with Crippen LogP contribution in [-0.2, 0) is 16.0 Å². The number of nitrogens with two attached hydrogens (primary N) is 1. The molecular weight excluding hydrogens is 314 g/mol. The van der Waals surface area contributed by atoms with Crippen molar-refractivity contribution in [3.63, 3.8) is 0 Å². The summed E-state index contributed by atoms with van der Waals surface area (Å²) < 4.78 is 0. The minimum Gasteiger partial charge on any atom is -0.399 e. The van der Waals surface area contributed by atoms with E-state index in [0.717, 1.165) is 5.56 Å². The highest BCUT2D eigenvalue weighted by Crippen LogP contribution is 2.25. The van der Waals surface area contributed by atoms with Crippen molar-refractivity contribution in [1.29, 1.82) is 0 Å². The molecule has 1 fully saturated rings. The van der Waals surface area contributed by atoms with E-state index in [1.54, 1.807) is 12.1 Å². The molecule has 1 aliphatic carbocycles. The Balaban J connectivity index is 0.00000151. The minimum atomic E-state index is -0.0451. The summed E-state index contributed by atoms with van der Waals surface area (Å²) in [5.74, 6) is 0.602. The molecule has 0 heterocycles. The van der Waals surface area contributed by atoms with Crippen molar-refractivity contribution in [3.05, 3.63) is 29.8 Å². The summed E-state index contributed by atoms with van der Waals surface area (Å²) in [5, 5.41) is 5.71. The number of anilines is 1. The van der Waals surface area contributed by atoms with Gasteiger partial charge in [-0.3, -0.25) is 9.59 Å². The topological polar surface area (TPSA) is 84.2 Å². The van der Waals surface area contributed by atoms with E-state index in [4.69, 9.17) is 5.73 Å². The van der Waals surface area contributed by atoms with E-state index in [1.807, 2.05) is 26.0 Å². The standard InChI is InChI=1S/C18H27N3O2.C2H6/c19-16-8-6-15(7-9-16)13-18(23)21-11-10-20-17(22)12-14-4-2-1-3-5-14;1-2/h6-9,14H,1-5,10-13,19H2,(H,20,22)(H,21,23);1-2H3. The first-order valence-electron chi connectivity index (χ1n) is 9.51. The number of carbonyl (C=O) groups excluding carboxylic acids is 2. The smallest absolute Gasteiger partial charge is 0.224 e. The lowest BCUT2D eigenvalue weighted by Gasteiger charge is -2.20. The quantitative estimate of drug-likeness (QED) is 0.523. The van der Waals surface area contributed by atoms with Gasteiger partial charge in [0.25, 0.3) is 0 Å². The zero-order valence-electron chi connectivity index (χ0n) is 15.6. The predicted octanol–water partition coefficient (Wildman–Crippen LogP) is 3.04. The molecule has 1 aromatic rings. The van der Waals surface area contributed by atoms with Crippen molar-refractivity contribution in [3.8, 4) is 0 Å². The van der Waals surface area contributed by atoms with Crippen LogP contribution in [-0.4, -0.2) is 24.9 Å². The van der Waals surface area contributed by atoms with E-state index < -0.39 is 0 Å². The third kappa shape index (κ3) is 9.13. The van der Waals surface area contributed by atoms with Crippen molar-refractivity contribution >= 4 is 17.5 Å². The summed E-state index contributed by atoms with van der Waals surface area (Å²) in [6, 6.07) is 7.27. The van der Waals surface area contributed by atoms with Crippen molar-refractivity contribution in [2.24, 2.45) is 5.92 Å². The first-order chi connectivity index (χ1) is 12.1. The van der Waals surface area contributed by atoms with Gasteiger partial charge in [-0.05, 0) is 36.5 Å². The Hall–Kier alpha value is -2.04. The molecule has 0 aromatic heterocycles. The maximum atomic E-state index is 11.8. The van der Waals surface area contributed by atoms with E-state index in [1.165, 1.54) is 32.1 Å². The molecule has 140 valence electrons. The maximum Gasteiger partial charge on any atom is 0.224 e. The minimum absolute atomic E-state index is 0.0451. The Morgan fingerprint density at radius 2 is 1.52 bits per heavy atom. The summed E-state index contributed by atoms with van der Waals surface area (Å²) in [6.45, 7) is 4.95. The van der Waals surface area contributed by atoms with E-state index in [-0.39, 0.29) is 11.8 Å². The number of hydrogen-bond acceptors (Lipinski definition) is 3. The molecule has 4 N–H and O–H groups in total. The molecule has 0 unspecified atom stereocenters. The highest BCUT2D eigenvalue weighted by atomic mass is 16.2. The average Bonchev–Trinajstić information content (AvgIpc) is 2.63. The molecule has 0 aliphatic heterocycles. The predicted molar refractivity (Wildman–Crippen MR) is 103 cm³/mol. The maximum absolute atomic E-state index is 11.8. The first kappa shape index (κ1) is 21.0. The van der Waals surface area contributed by atoms with Crippen LogP contribution in [0.4, 0.5) is 5.69 Å². The third-order valence-corrected chi connectivity index (χ3v) is 4.31. The number of carbonyl (C=O) groups is 2. The lowest BCUT2D eigenvalue weighted by atomic mass is 9.87. The van der Waals surface area contributed by atoms with Crippen LogP contribution < -0.4 is 16.4 Å². The van der Waals surface area contributed by atoms with Gasteiger partial charge in [0, 0.05) is 25.2 Å². The Morgan fingerprint density at radius 1 is 0.960 bits per heavy atom. The van der Waals surface area contributed by atoms with Crippen LogP contribution in [0.15, 0.2) is 24.3 Å². The van der Waals surface area contributed by atoms with Crippen LogP contribution in [0.1, 0.15) is 57.9 Å². The summed E-state index contributed by atoms with van der Waals surface area (Å²) >= 11 is 0. The van der Waals surface area contributed by atoms with Gasteiger partial charge in [0.1, 0.15) is 0 Å². The highest BCUT2D eigenvalue weighted by molar-refractivity contribution is 5.79. The van der Waals surface area contributed by atoms with Crippen LogP contribution in [0, 0.1) is 5.92 Å². The summed E-state index contributed by atoms with van der Waals surface area (Å²) in [6.07, 6.45) is 7.10. The second kappa shape index (κ2) is 12.3. The van der Waals surface area contributed by atoms with Gasteiger partial charge in [0.05, 0.1) is 6.42 Å². The van der Waals surface area contributed by atoms with Gasteiger partial charge in [0.2, 0.25) is 11.8 Å². The molecule has 2 rings (SSSR count). The number of rotatable bonds is 7. The molecule has 1 saturated carbocycles. The monoisotopic (exact) mass is 347 g/mol. The van der Waals surface area contributed by atoms with Gasteiger partial charge >= 0.3 is 0 Å². The van der Waals surface area contributed by atoms with Gasteiger partial charge in [-0.25, -0.2) is 0 Å². The summed E-state index contributed by atoms with van der Waals surface area (Å²) in [4.78, 5) is 23.6. The number of hydrogen-bond donors (Lipinski definition) is 3. The lowest BCUT2D eigenvalue weighted by molar-refractivity contribution is -0.123. The molecule has 25 heavy (non-hydrogen) atoms. The fourth-order valence-electron chi connectivity index (χ4n) is 3.01. The van der Waals surface area contributed by atoms with Crippen molar-refractivity contribution < 1.29 is 9.59 Å². The van der Waals surface area contributed by atoms with Crippen LogP contribution in [0.5, 0.6) is 0 Å². The summed E-state index contributed by atoms with van der Waals surface area (Å²) in [7, 11) is 0. The van der Waals surface area contributed by atoms with Crippen LogP contribution in [0.2, 0.25) is 0 Å². The summed E-state index contributed by atoms with van der Waals surface area (Å²) in [5.41, 5.74) is 7.23. The second-order valence-electron chi connectivity index (χ2n) is 6.33. The fraction of sp³-hybridized carbons (Fsp3) is 0.600. The van der Waals surface area contributed by atoms with E-state index in [0.29, 0.717) is 37.5 Å². The number of nitrogens with one attached hydrogen (secondary N) is 2. The molecule has 2 amide bonds. The van der Waals surface area contributed by atoms with Gasteiger partial charge < -0.3 is 16.4 Å². The molecule has 0 spiro atoms. The average molecular weight is 348 g/mol. The zero-order valence-corrected chi connectivity index (χ0v) is 15.6. The SMILES string of the molecule is CC.Nc1ccc(CC(=O)NCCNC(=O)CC2CCCCC2)cc1. The largest absolute Gasteiger partial charge is 0.399 e. The van der Waals surface area contributed by atoms with Crippen molar-refractivity contribution in [2.45, 2.75) is 58.8 Å². The molecule has 5 heteroatoms. The Kier molecular flexibility index (Phi) is 10.4. The molecule has 5 nitrogen and oxygen atoms in total. The number of amides is 2. The van der Waals surface area contributed by atoms with E-state index >= 15 is 0 Å².